The predicted octanol–water partition coefficient (Wildman–Crippen LogP) is 6.62. The molecule has 0 spiro atoms. The molecule has 0 unspecified atom stereocenters. The van der Waals surface area contributed by atoms with E-state index in [1.54, 1.807) is 18.2 Å². The number of rotatable bonds is 3. The molecule has 0 amide bonds. The van der Waals surface area contributed by atoms with Crippen molar-refractivity contribution in [2.45, 2.75) is 0 Å². The molecule has 3 rings (SSSR count). The molecule has 0 aliphatic carbocycles. The summed E-state index contributed by atoms with van der Waals surface area (Å²) < 4.78 is 1.05. The van der Waals surface area contributed by atoms with Crippen molar-refractivity contribution < 1.29 is 0 Å². The van der Waals surface area contributed by atoms with E-state index < -0.39 is 0 Å². The molecular weight excluding hydrogens is 391 g/mol. The Hall–Kier alpha value is -1.07. The Kier molecular flexibility index (Phi) is 4.50. The van der Waals surface area contributed by atoms with Crippen LogP contribution in [0.25, 0.3) is 11.3 Å². The third-order valence-corrected chi connectivity index (χ3v) is 4.67. The maximum atomic E-state index is 6.14. The normalized spacial score (nSPS) is 10.6. The molecule has 1 aromatic heterocycles. The van der Waals surface area contributed by atoms with Gasteiger partial charge in [0.2, 0.25) is 0 Å². The Labute approximate surface area is 144 Å². The largest absolute Gasteiger partial charge is 0.330 e. The fraction of sp³-hybridized carbons (Fsp3) is 0. The number of halogens is 3. The van der Waals surface area contributed by atoms with Crippen LogP contribution in [0, 0.1) is 0 Å². The SMILES string of the molecule is Clc1ccc(Cl)c(Nc2nc(-c3ccc(Br)cc3)cs2)c1. The topological polar surface area (TPSA) is 24.9 Å². The second-order valence-corrected chi connectivity index (χ2v) is 6.91. The van der Waals surface area contributed by atoms with Crippen molar-refractivity contribution >= 4 is 61.3 Å². The number of hydrogen-bond donors (Lipinski definition) is 1. The highest BCUT2D eigenvalue weighted by Crippen LogP contribution is 2.32. The van der Waals surface area contributed by atoms with Crippen molar-refractivity contribution in [2.75, 3.05) is 5.32 Å². The highest BCUT2D eigenvalue weighted by Gasteiger charge is 2.07. The van der Waals surface area contributed by atoms with Gasteiger partial charge in [0, 0.05) is 20.4 Å². The van der Waals surface area contributed by atoms with Gasteiger partial charge in [0.25, 0.3) is 0 Å². The monoisotopic (exact) mass is 398 g/mol. The third-order valence-electron chi connectivity index (χ3n) is 2.81. The Balaban J connectivity index is 1.85. The molecule has 1 N–H and O–H groups in total. The van der Waals surface area contributed by atoms with E-state index in [9.17, 15) is 0 Å². The van der Waals surface area contributed by atoms with E-state index in [-0.39, 0.29) is 0 Å². The van der Waals surface area contributed by atoms with Gasteiger partial charge in [-0.2, -0.15) is 0 Å². The van der Waals surface area contributed by atoms with Gasteiger partial charge in [-0.05, 0) is 30.3 Å². The van der Waals surface area contributed by atoms with Crippen LogP contribution in [0.15, 0.2) is 52.3 Å². The molecule has 0 atom stereocenters. The molecule has 0 aliphatic heterocycles. The molecule has 0 fully saturated rings. The summed E-state index contributed by atoms with van der Waals surface area (Å²) in [5.74, 6) is 0. The van der Waals surface area contributed by atoms with E-state index in [1.807, 2.05) is 29.6 Å². The zero-order chi connectivity index (χ0) is 14.8. The fourth-order valence-corrected chi connectivity index (χ4v) is 3.13. The van der Waals surface area contributed by atoms with Gasteiger partial charge in [0.15, 0.2) is 5.13 Å². The highest BCUT2D eigenvalue weighted by molar-refractivity contribution is 9.10. The van der Waals surface area contributed by atoms with E-state index in [4.69, 9.17) is 23.2 Å². The average molecular weight is 400 g/mol. The van der Waals surface area contributed by atoms with Crippen molar-refractivity contribution in [3.05, 3.63) is 62.4 Å². The standard InChI is InChI=1S/C15H9BrCl2N2S/c16-10-3-1-9(2-4-10)14-8-21-15(20-14)19-13-7-11(17)5-6-12(13)18/h1-8H,(H,19,20). The van der Waals surface area contributed by atoms with Crippen molar-refractivity contribution in [2.24, 2.45) is 0 Å². The molecule has 106 valence electrons. The Morgan fingerprint density at radius 3 is 2.57 bits per heavy atom. The van der Waals surface area contributed by atoms with E-state index in [2.05, 4.69) is 26.2 Å². The lowest BCUT2D eigenvalue weighted by Crippen LogP contribution is -1.90. The minimum atomic E-state index is 0.611. The molecule has 0 aliphatic rings. The smallest absolute Gasteiger partial charge is 0.187 e. The number of thiazole rings is 1. The van der Waals surface area contributed by atoms with Crippen LogP contribution in [0.4, 0.5) is 10.8 Å². The Bertz CT molecular complexity index is 772. The Morgan fingerprint density at radius 1 is 1.05 bits per heavy atom. The number of nitrogens with one attached hydrogen (secondary N) is 1. The number of benzene rings is 2. The second-order valence-electron chi connectivity index (χ2n) is 4.29. The molecule has 1 heterocycles. The molecule has 21 heavy (non-hydrogen) atoms. The molecule has 2 nitrogen and oxygen atoms in total. The number of hydrogen-bond acceptors (Lipinski definition) is 3. The van der Waals surface area contributed by atoms with Crippen LogP contribution in [0.3, 0.4) is 0 Å². The molecule has 0 saturated heterocycles. The van der Waals surface area contributed by atoms with Crippen molar-refractivity contribution in [1.29, 1.82) is 0 Å². The quantitative estimate of drug-likeness (QED) is 0.534. The van der Waals surface area contributed by atoms with Crippen molar-refractivity contribution in [1.82, 2.24) is 4.98 Å². The summed E-state index contributed by atoms with van der Waals surface area (Å²) in [7, 11) is 0. The van der Waals surface area contributed by atoms with Gasteiger partial charge < -0.3 is 5.32 Å². The molecule has 2 aromatic carbocycles. The Morgan fingerprint density at radius 2 is 1.81 bits per heavy atom. The van der Waals surface area contributed by atoms with Gasteiger partial charge in [-0.25, -0.2) is 4.98 Å². The van der Waals surface area contributed by atoms with E-state index in [0.717, 1.165) is 26.5 Å². The molecule has 0 bridgehead atoms. The summed E-state index contributed by atoms with van der Waals surface area (Å²) in [6, 6.07) is 13.3. The lowest BCUT2D eigenvalue weighted by Gasteiger charge is -2.05. The molecule has 0 saturated carbocycles. The number of aromatic nitrogens is 1. The van der Waals surface area contributed by atoms with Gasteiger partial charge in [-0.1, -0.05) is 51.3 Å². The number of anilines is 2. The zero-order valence-electron chi connectivity index (χ0n) is 10.6. The van der Waals surface area contributed by atoms with Gasteiger partial charge in [-0.3, -0.25) is 0 Å². The fourth-order valence-electron chi connectivity index (χ4n) is 1.79. The molecular formula is C15H9BrCl2N2S. The van der Waals surface area contributed by atoms with Crippen molar-refractivity contribution in [3.63, 3.8) is 0 Å². The first-order chi connectivity index (χ1) is 10.1. The highest BCUT2D eigenvalue weighted by atomic mass is 79.9. The van der Waals surface area contributed by atoms with Crippen LogP contribution >= 0.6 is 50.5 Å². The first kappa shape index (κ1) is 14.9. The zero-order valence-corrected chi connectivity index (χ0v) is 14.5. The van der Waals surface area contributed by atoms with E-state index >= 15 is 0 Å². The third kappa shape index (κ3) is 3.58. The summed E-state index contributed by atoms with van der Waals surface area (Å²) in [6.45, 7) is 0. The van der Waals surface area contributed by atoms with Gasteiger partial charge in [-0.15, -0.1) is 11.3 Å². The molecule has 3 aromatic rings. The van der Waals surface area contributed by atoms with Crippen LogP contribution in [-0.2, 0) is 0 Å². The first-order valence-corrected chi connectivity index (χ1v) is 8.48. The summed E-state index contributed by atoms with van der Waals surface area (Å²) in [5.41, 5.74) is 2.74. The number of nitrogens with zero attached hydrogens (tertiary/aromatic N) is 1. The maximum Gasteiger partial charge on any atom is 0.187 e. The summed E-state index contributed by atoms with van der Waals surface area (Å²) in [5, 5.41) is 7.22. The van der Waals surface area contributed by atoms with Crippen LogP contribution < -0.4 is 5.32 Å². The minimum Gasteiger partial charge on any atom is -0.330 e. The summed E-state index contributed by atoms with van der Waals surface area (Å²) in [6.07, 6.45) is 0. The van der Waals surface area contributed by atoms with Crippen LogP contribution in [0.2, 0.25) is 10.0 Å². The lowest BCUT2D eigenvalue weighted by atomic mass is 10.2. The van der Waals surface area contributed by atoms with Crippen LogP contribution in [0.1, 0.15) is 0 Å². The first-order valence-electron chi connectivity index (χ1n) is 6.05. The van der Waals surface area contributed by atoms with E-state index in [0.29, 0.717) is 10.0 Å². The average Bonchev–Trinajstić information content (AvgIpc) is 2.92. The van der Waals surface area contributed by atoms with Crippen LogP contribution in [0.5, 0.6) is 0 Å². The summed E-state index contributed by atoms with van der Waals surface area (Å²) >= 11 is 17.1. The molecule has 6 heteroatoms. The minimum absolute atomic E-state index is 0.611. The lowest BCUT2D eigenvalue weighted by molar-refractivity contribution is 1.38. The van der Waals surface area contributed by atoms with Gasteiger partial charge in [0.1, 0.15) is 0 Å². The van der Waals surface area contributed by atoms with Crippen LogP contribution in [-0.4, -0.2) is 4.98 Å². The summed E-state index contributed by atoms with van der Waals surface area (Å²) in [4.78, 5) is 4.57. The molecule has 0 radical (unpaired) electrons. The predicted molar refractivity (Wildman–Crippen MR) is 95.0 cm³/mol. The van der Waals surface area contributed by atoms with Gasteiger partial charge >= 0.3 is 0 Å². The van der Waals surface area contributed by atoms with E-state index in [1.165, 1.54) is 11.3 Å². The maximum absolute atomic E-state index is 6.14. The second kappa shape index (κ2) is 6.36. The van der Waals surface area contributed by atoms with Crippen molar-refractivity contribution in [3.8, 4) is 11.3 Å². The van der Waals surface area contributed by atoms with Gasteiger partial charge in [0.05, 0.1) is 16.4 Å².